The van der Waals surface area contributed by atoms with Gasteiger partial charge in [-0.3, -0.25) is 9.59 Å². The van der Waals surface area contributed by atoms with Crippen LogP contribution in [0.5, 0.6) is 0 Å². The van der Waals surface area contributed by atoms with E-state index in [-0.39, 0.29) is 23.5 Å². The van der Waals surface area contributed by atoms with Gasteiger partial charge in [0.15, 0.2) is 0 Å². The minimum Gasteiger partial charge on any atom is -0.339 e. The van der Waals surface area contributed by atoms with Gasteiger partial charge in [0, 0.05) is 53.5 Å². The Bertz CT molecular complexity index is 880. The van der Waals surface area contributed by atoms with Gasteiger partial charge in [-0.05, 0) is 37.1 Å². The largest absolute Gasteiger partial charge is 0.339 e. The van der Waals surface area contributed by atoms with E-state index < -0.39 is 0 Å². The van der Waals surface area contributed by atoms with Crippen LogP contribution in [0.2, 0.25) is 0 Å². The fourth-order valence-corrected chi connectivity index (χ4v) is 4.18. The summed E-state index contributed by atoms with van der Waals surface area (Å²) in [5.41, 5.74) is 0.574. The molecular formula is C21H21FN2O2S. The number of hydrogen-bond acceptors (Lipinski definition) is 3. The van der Waals surface area contributed by atoms with E-state index in [9.17, 15) is 14.0 Å². The molecule has 0 radical (unpaired) electrons. The monoisotopic (exact) mass is 384 g/mol. The van der Waals surface area contributed by atoms with Crippen molar-refractivity contribution in [3.05, 3.63) is 53.2 Å². The summed E-state index contributed by atoms with van der Waals surface area (Å²) >= 11 is 1.45. The van der Waals surface area contributed by atoms with Gasteiger partial charge in [-0.2, -0.15) is 0 Å². The third-order valence-electron chi connectivity index (χ3n) is 4.99. The number of piperazine rings is 1. The molecule has 2 aromatic rings. The van der Waals surface area contributed by atoms with E-state index in [0.29, 0.717) is 31.7 Å². The van der Waals surface area contributed by atoms with Crippen LogP contribution >= 0.6 is 11.3 Å². The van der Waals surface area contributed by atoms with Crippen molar-refractivity contribution in [3.8, 4) is 10.4 Å². The summed E-state index contributed by atoms with van der Waals surface area (Å²) in [4.78, 5) is 29.9. The van der Waals surface area contributed by atoms with Gasteiger partial charge in [-0.1, -0.05) is 18.2 Å². The summed E-state index contributed by atoms with van der Waals surface area (Å²) in [6.07, 6.45) is 5.36. The number of amides is 2. The quantitative estimate of drug-likeness (QED) is 0.755. The van der Waals surface area contributed by atoms with E-state index in [2.05, 4.69) is 0 Å². The van der Waals surface area contributed by atoms with E-state index in [0.717, 1.165) is 22.6 Å². The lowest BCUT2D eigenvalue weighted by Crippen LogP contribution is -2.50. The van der Waals surface area contributed by atoms with Crippen LogP contribution in [0, 0.1) is 11.7 Å². The zero-order valence-corrected chi connectivity index (χ0v) is 15.8. The molecule has 2 aliphatic rings. The Kier molecular flexibility index (Phi) is 5.07. The van der Waals surface area contributed by atoms with Gasteiger partial charge in [-0.15, -0.1) is 11.3 Å². The van der Waals surface area contributed by atoms with Crippen LogP contribution in [-0.2, 0) is 9.59 Å². The molecule has 4 rings (SSSR count). The lowest BCUT2D eigenvalue weighted by molar-refractivity contribution is -0.138. The number of carbonyl (C=O) groups excluding carboxylic acids is 2. The van der Waals surface area contributed by atoms with Gasteiger partial charge in [0.2, 0.25) is 11.8 Å². The Morgan fingerprint density at radius 1 is 1.00 bits per heavy atom. The lowest BCUT2D eigenvalue weighted by atomic mass is 10.2. The minimum absolute atomic E-state index is 0.0469. The maximum absolute atomic E-state index is 13.9. The standard InChI is InChI=1S/C21H21FN2O2S/c22-18-4-2-1-3-17(18)19-9-7-16(27-19)8-10-20(25)23-11-13-24(14-12-23)21(26)15-5-6-15/h1-4,7-10,15H,5-6,11-14H2. The summed E-state index contributed by atoms with van der Waals surface area (Å²) in [5, 5.41) is 0. The summed E-state index contributed by atoms with van der Waals surface area (Å²) in [6, 6.07) is 10.4. The lowest BCUT2D eigenvalue weighted by Gasteiger charge is -2.34. The SMILES string of the molecule is O=C(C=Cc1ccc(-c2ccccc2F)s1)N1CCN(C(=O)C2CC2)CC1. The van der Waals surface area contributed by atoms with Gasteiger partial charge in [0.1, 0.15) is 5.82 Å². The Morgan fingerprint density at radius 2 is 1.70 bits per heavy atom. The predicted octanol–water partition coefficient (Wildman–Crippen LogP) is 3.65. The molecule has 140 valence electrons. The van der Waals surface area contributed by atoms with Crippen molar-refractivity contribution in [1.82, 2.24) is 9.80 Å². The van der Waals surface area contributed by atoms with E-state index >= 15 is 0 Å². The second-order valence-corrected chi connectivity index (χ2v) is 8.06. The summed E-state index contributed by atoms with van der Waals surface area (Å²) in [6.45, 7) is 2.38. The first kappa shape index (κ1) is 17.9. The number of halogens is 1. The highest BCUT2D eigenvalue weighted by atomic mass is 32.1. The van der Waals surface area contributed by atoms with E-state index in [1.807, 2.05) is 23.1 Å². The molecule has 4 nitrogen and oxygen atoms in total. The molecule has 2 heterocycles. The highest BCUT2D eigenvalue weighted by Gasteiger charge is 2.34. The van der Waals surface area contributed by atoms with Crippen molar-refractivity contribution in [3.63, 3.8) is 0 Å². The van der Waals surface area contributed by atoms with Gasteiger partial charge in [0.05, 0.1) is 0 Å². The Balaban J connectivity index is 1.34. The van der Waals surface area contributed by atoms with Crippen molar-refractivity contribution >= 4 is 29.2 Å². The smallest absolute Gasteiger partial charge is 0.246 e. The molecular weight excluding hydrogens is 363 g/mol. The highest BCUT2D eigenvalue weighted by Crippen LogP contribution is 2.32. The Hall–Kier alpha value is -2.47. The van der Waals surface area contributed by atoms with Crippen molar-refractivity contribution < 1.29 is 14.0 Å². The molecule has 1 aliphatic carbocycles. The second-order valence-electron chi connectivity index (χ2n) is 6.94. The number of carbonyl (C=O) groups is 2. The molecule has 1 saturated heterocycles. The van der Waals surface area contributed by atoms with Crippen LogP contribution in [0.1, 0.15) is 17.7 Å². The third-order valence-corrected chi connectivity index (χ3v) is 6.07. The maximum atomic E-state index is 13.9. The van der Waals surface area contributed by atoms with Crippen LogP contribution < -0.4 is 0 Å². The van der Waals surface area contributed by atoms with Crippen molar-refractivity contribution in [1.29, 1.82) is 0 Å². The third kappa shape index (κ3) is 4.11. The minimum atomic E-state index is -0.246. The van der Waals surface area contributed by atoms with Crippen LogP contribution in [0.4, 0.5) is 4.39 Å². The Labute approximate surface area is 161 Å². The molecule has 0 N–H and O–H groups in total. The molecule has 0 unspecified atom stereocenters. The molecule has 6 heteroatoms. The molecule has 1 aliphatic heterocycles. The van der Waals surface area contributed by atoms with Crippen molar-refractivity contribution in [2.24, 2.45) is 5.92 Å². The van der Waals surface area contributed by atoms with Gasteiger partial charge in [0.25, 0.3) is 0 Å². The predicted molar refractivity (Wildman–Crippen MR) is 105 cm³/mol. The van der Waals surface area contributed by atoms with Crippen LogP contribution in [0.3, 0.4) is 0 Å². The van der Waals surface area contributed by atoms with Gasteiger partial charge < -0.3 is 9.80 Å². The fourth-order valence-electron chi connectivity index (χ4n) is 3.24. The number of nitrogens with zero attached hydrogens (tertiary/aromatic N) is 2. The average molecular weight is 384 g/mol. The first-order valence-corrected chi connectivity index (χ1v) is 10.0. The van der Waals surface area contributed by atoms with E-state index in [1.54, 1.807) is 29.2 Å². The van der Waals surface area contributed by atoms with Crippen molar-refractivity contribution in [2.45, 2.75) is 12.8 Å². The van der Waals surface area contributed by atoms with Crippen LogP contribution in [0.15, 0.2) is 42.5 Å². The number of hydrogen-bond donors (Lipinski definition) is 0. The molecule has 1 aromatic heterocycles. The van der Waals surface area contributed by atoms with Crippen LogP contribution in [-0.4, -0.2) is 47.8 Å². The average Bonchev–Trinajstić information content (AvgIpc) is 3.44. The van der Waals surface area contributed by atoms with Gasteiger partial charge in [-0.25, -0.2) is 4.39 Å². The molecule has 27 heavy (non-hydrogen) atoms. The van der Waals surface area contributed by atoms with Crippen LogP contribution in [0.25, 0.3) is 16.5 Å². The molecule has 0 atom stereocenters. The number of thiophene rings is 1. The first-order valence-electron chi connectivity index (χ1n) is 9.22. The second kappa shape index (κ2) is 7.64. The fraction of sp³-hybridized carbons (Fsp3) is 0.333. The molecule has 2 amide bonds. The molecule has 2 fully saturated rings. The first-order chi connectivity index (χ1) is 13.1. The molecule has 0 spiro atoms. The van der Waals surface area contributed by atoms with Crippen molar-refractivity contribution in [2.75, 3.05) is 26.2 Å². The molecule has 1 aromatic carbocycles. The summed E-state index contributed by atoms with van der Waals surface area (Å²) in [5.74, 6) is 0.186. The number of benzene rings is 1. The summed E-state index contributed by atoms with van der Waals surface area (Å²) in [7, 11) is 0. The zero-order valence-electron chi connectivity index (χ0n) is 14.9. The summed E-state index contributed by atoms with van der Waals surface area (Å²) < 4.78 is 13.9. The molecule has 0 bridgehead atoms. The zero-order chi connectivity index (χ0) is 18.8. The van der Waals surface area contributed by atoms with E-state index in [4.69, 9.17) is 0 Å². The topological polar surface area (TPSA) is 40.6 Å². The molecule has 1 saturated carbocycles. The maximum Gasteiger partial charge on any atom is 0.246 e. The Morgan fingerprint density at radius 3 is 2.41 bits per heavy atom. The van der Waals surface area contributed by atoms with Gasteiger partial charge >= 0.3 is 0 Å². The van der Waals surface area contributed by atoms with E-state index in [1.165, 1.54) is 17.4 Å². The normalized spacial score (nSPS) is 17.5. The number of rotatable bonds is 4. The highest BCUT2D eigenvalue weighted by molar-refractivity contribution is 7.16.